The lowest BCUT2D eigenvalue weighted by Gasteiger charge is -2.24. The van der Waals surface area contributed by atoms with Gasteiger partial charge in [0, 0.05) is 19.3 Å². The average Bonchev–Trinajstić information content (AvgIpc) is 3.11. The van der Waals surface area contributed by atoms with E-state index < -0.39 is 27.3 Å². The van der Waals surface area contributed by atoms with Crippen molar-refractivity contribution >= 4 is 27.5 Å². The highest BCUT2D eigenvalue weighted by Crippen LogP contribution is 2.27. The Morgan fingerprint density at radius 3 is 2.48 bits per heavy atom. The van der Waals surface area contributed by atoms with E-state index in [4.69, 9.17) is 16.3 Å². The second kappa shape index (κ2) is 9.11. The van der Waals surface area contributed by atoms with Gasteiger partial charge in [-0.05, 0) is 57.5 Å². The number of nitrogens with zero attached hydrogens (tertiary/aromatic N) is 4. The maximum Gasteiger partial charge on any atom is 0.410 e. The zero-order valence-corrected chi connectivity index (χ0v) is 20.4. The summed E-state index contributed by atoms with van der Waals surface area (Å²) in [6.07, 6.45) is 0.511. The number of aromatic nitrogens is 3. The molecule has 11 heteroatoms. The summed E-state index contributed by atoms with van der Waals surface area (Å²) in [5.74, 6) is -0.643. The van der Waals surface area contributed by atoms with E-state index in [1.54, 1.807) is 33.8 Å². The highest BCUT2D eigenvalue weighted by Gasteiger charge is 2.28. The first-order valence-electron chi connectivity index (χ1n) is 9.94. The molecule has 2 heterocycles. The molecule has 0 fully saturated rings. The number of amides is 1. The minimum Gasteiger partial charge on any atom is -0.444 e. The maximum absolute atomic E-state index is 14.8. The van der Waals surface area contributed by atoms with Gasteiger partial charge in [0.1, 0.15) is 22.3 Å². The van der Waals surface area contributed by atoms with Gasteiger partial charge >= 0.3 is 6.09 Å². The van der Waals surface area contributed by atoms with Gasteiger partial charge in [-0.25, -0.2) is 27.3 Å². The summed E-state index contributed by atoms with van der Waals surface area (Å²) in [4.78, 5) is 17.3. The Morgan fingerprint density at radius 2 is 1.91 bits per heavy atom. The van der Waals surface area contributed by atoms with Crippen molar-refractivity contribution in [2.24, 2.45) is 0 Å². The first kappa shape index (κ1) is 24.7. The predicted molar refractivity (Wildman–Crippen MR) is 121 cm³/mol. The molecule has 0 unspecified atom stereocenters. The highest BCUT2D eigenvalue weighted by atomic mass is 35.5. The first-order valence-corrected chi connectivity index (χ1v) is 11.8. The minimum absolute atomic E-state index is 0.0488. The van der Waals surface area contributed by atoms with Crippen LogP contribution < -0.4 is 0 Å². The normalized spacial score (nSPS) is 12.0. The number of benzene rings is 1. The SMILES string of the molecule is Cc1ccc(-n2nc(CN(C)C(=O)OC(C)(C)C)cc2S(=O)(=O)c2ccc(Cl)nc2)c(F)c1. The molecule has 0 radical (unpaired) electrons. The zero-order chi connectivity index (χ0) is 24.6. The second-order valence-corrected chi connectivity index (χ2v) is 10.8. The van der Waals surface area contributed by atoms with Gasteiger partial charge in [-0.1, -0.05) is 17.7 Å². The summed E-state index contributed by atoms with van der Waals surface area (Å²) >= 11 is 5.78. The van der Waals surface area contributed by atoms with Gasteiger partial charge in [0.05, 0.1) is 17.1 Å². The summed E-state index contributed by atoms with van der Waals surface area (Å²) in [6, 6.07) is 8.32. The van der Waals surface area contributed by atoms with Crippen LogP contribution in [0.1, 0.15) is 32.0 Å². The van der Waals surface area contributed by atoms with Gasteiger partial charge in [0.15, 0.2) is 5.03 Å². The van der Waals surface area contributed by atoms with E-state index in [0.29, 0.717) is 5.56 Å². The van der Waals surface area contributed by atoms with Crippen LogP contribution in [0.25, 0.3) is 5.69 Å². The molecule has 3 aromatic rings. The number of sulfone groups is 1. The smallest absolute Gasteiger partial charge is 0.410 e. The average molecular weight is 495 g/mol. The lowest BCUT2D eigenvalue weighted by Crippen LogP contribution is -2.33. The van der Waals surface area contributed by atoms with Crippen molar-refractivity contribution in [1.29, 1.82) is 0 Å². The molecule has 0 aliphatic heterocycles. The number of pyridine rings is 1. The van der Waals surface area contributed by atoms with Gasteiger partial charge in [-0.2, -0.15) is 5.10 Å². The third kappa shape index (κ3) is 5.69. The quantitative estimate of drug-likeness (QED) is 0.482. The molecule has 8 nitrogen and oxygen atoms in total. The molecule has 176 valence electrons. The van der Waals surface area contributed by atoms with Gasteiger partial charge in [0.25, 0.3) is 0 Å². The van der Waals surface area contributed by atoms with Crippen molar-refractivity contribution < 1.29 is 22.3 Å². The standard InChI is InChI=1S/C22H24ClFN4O4S/c1-14-6-8-18(17(24)10-14)28-20(33(30,31)16-7-9-19(23)25-12-16)11-15(26-28)13-27(5)21(29)32-22(2,3)4/h6-12H,13H2,1-5H3. The molecule has 0 saturated carbocycles. The molecule has 0 spiro atoms. The summed E-state index contributed by atoms with van der Waals surface area (Å²) < 4.78 is 47.8. The Hall–Kier alpha value is -2.98. The van der Waals surface area contributed by atoms with Crippen molar-refractivity contribution in [3.63, 3.8) is 0 Å². The number of hydrogen-bond donors (Lipinski definition) is 0. The molecule has 0 aliphatic rings. The lowest BCUT2D eigenvalue weighted by atomic mass is 10.2. The largest absolute Gasteiger partial charge is 0.444 e. The first-order chi connectivity index (χ1) is 15.3. The zero-order valence-electron chi connectivity index (χ0n) is 18.8. The summed E-state index contributed by atoms with van der Waals surface area (Å²) in [6.45, 7) is 6.86. The van der Waals surface area contributed by atoms with E-state index in [9.17, 15) is 17.6 Å². The van der Waals surface area contributed by atoms with Crippen molar-refractivity contribution in [2.75, 3.05) is 7.05 Å². The van der Waals surface area contributed by atoms with Crippen LogP contribution in [0.2, 0.25) is 5.15 Å². The molecular formula is C22H24ClFN4O4S. The molecule has 0 bridgehead atoms. The Balaban J connectivity index is 2.08. The second-order valence-electron chi connectivity index (χ2n) is 8.50. The Morgan fingerprint density at radius 1 is 1.21 bits per heavy atom. The van der Waals surface area contributed by atoms with Crippen LogP contribution in [0.5, 0.6) is 0 Å². The molecule has 0 aliphatic carbocycles. The van der Waals surface area contributed by atoms with Crippen LogP contribution >= 0.6 is 11.6 Å². The number of rotatable bonds is 5. The van der Waals surface area contributed by atoms with Gasteiger partial charge in [-0.15, -0.1) is 0 Å². The van der Waals surface area contributed by atoms with Gasteiger partial charge in [0.2, 0.25) is 9.84 Å². The molecule has 1 amide bonds. The van der Waals surface area contributed by atoms with E-state index in [1.807, 2.05) is 0 Å². The fraction of sp³-hybridized carbons (Fsp3) is 0.318. The van der Waals surface area contributed by atoms with Crippen LogP contribution in [0.15, 0.2) is 52.5 Å². The van der Waals surface area contributed by atoms with E-state index in [-0.39, 0.29) is 33.0 Å². The van der Waals surface area contributed by atoms with Crippen molar-refractivity contribution in [1.82, 2.24) is 19.7 Å². The van der Waals surface area contributed by atoms with E-state index >= 15 is 0 Å². The van der Waals surface area contributed by atoms with Crippen LogP contribution in [-0.4, -0.2) is 46.8 Å². The van der Waals surface area contributed by atoms with Crippen LogP contribution in [0.4, 0.5) is 9.18 Å². The number of ether oxygens (including phenoxy) is 1. The van der Waals surface area contributed by atoms with Crippen LogP contribution in [0, 0.1) is 12.7 Å². The Labute approximate surface area is 196 Å². The maximum atomic E-state index is 14.8. The monoisotopic (exact) mass is 494 g/mol. The molecular weight excluding hydrogens is 471 g/mol. The lowest BCUT2D eigenvalue weighted by molar-refractivity contribution is 0.0283. The topological polar surface area (TPSA) is 94.4 Å². The predicted octanol–water partition coefficient (Wildman–Crippen LogP) is 4.57. The van der Waals surface area contributed by atoms with Gasteiger partial charge < -0.3 is 9.64 Å². The molecule has 0 saturated heterocycles. The summed E-state index contributed by atoms with van der Waals surface area (Å²) in [5.41, 5.74) is 0.141. The highest BCUT2D eigenvalue weighted by molar-refractivity contribution is 7.91. The molecule has 2 aromatic heterocycles. The van der Waals surface area contributed by atoms with E-state index in [0.717, 1.165) is 10.9 Å². The van der Waals surface area contributed by atoms with E-state index in [2.05, 4.69) is 10.1 Å². The number of aryl methyl sites for hydroxylation is 1. The Kier molecular flexibility index (Phi) is 6.80. The van der Waals surface area contributed by atoms with Crippen LogP contribution in [0.3, 0.4) is 0 Å². The van der Waals surface area contributed by atoms with Crippen molar-refractivity contribution in [3.05, 3.63) is 64.8 Å². The fourth-order valence-corrected chi connectivity index (χ4v) is 4.37. The number of hydrogen-bond acceptors (Lipinski definition) is 6. The molecule has 1 aromatic carbocycles. The van der Waals surface area contributed by atoms with Gasteiger partial charge in [-0.3, -0.25) is 0 Å². The molecule has 0 atom stereocenters. The van der Waals surface area contributed by atoms with Crippen molar-refractivity contribution in [2.45, 2.75) is 49.8 Å². The Bertz CT molecular complexity index is 1280. The summed E-state index contributed by atoms with van der Waals surface area (Å²) in [7, 11) is -2.65. The van der Waals surface area contributed by atoms with Crippen molar-refractivity contribution in [3.8, 4) is 5.69 Å². The fourth-order valence-electron chi connectivity index (χ4n) is 2.92. The van der Waals surface area contributed by atoms with Crippen LogP contribution in [-0.2, 0) is 21.1 Å². The molecule has 3 rings (SSSR count). The van der Waals surface area contributed by atoms with E-state index in [1.165, 1.54) is 42.3 Å². The number of carbonyl (C=O) groups excluding carboxylic acids is 1. The molecule has 33 heavy (non-hydrogen) atoms. The number of carbonyl (C=O) groups is 1. The summed E-state index contributed by atoms with van der Waals surface area (Å²) in [5, 5.41) is 4.16. The third-order valence-electron chi connectivity index (χ3n) is 4.45. The third-order valence-corrected chi connectivity index (χ3v) is 6.38. The number of halogens is 2. The minimum atomic E-state index is -4.15. The molecule has 0 N–H and O–H groups in total.